The van der Waals surface area contributed by atoms with E-state index in [1.165, 1.54) is 0 Å². The van der Waals surface area contributed by atoms with Gasteiger partial charge in [0.15, 0.2) is 0 Å². The van der Waals surface area contributed by atoms with E-state index in [1.807, 2.05) is 0 Å². The highest BCUT2D eigenvalue weighted by Gasteiger charge is 2.19. The topological polar surface area (TPSA) is 21.3 Å². The Morgan fingerprint density at radius 3 is 2.00 bits per heavy atom. The van der Waals surface area contributed by atoms with E-state index < -0.39 is 0 Å². The van der Waals surface area contributed by atoms with Crippen molar-refractivity contribution >= 4 is 0 Å². The third-order valence-electron chi connectivity index (χ3n) is 2.28. The highest BCUT2D eigenvalue weighted by Crippen LogP contribution is 2.20. The summed E-state index contributed by atoms with van der Waals surface area (Å²) >= 11 is 0. The first-order valence-corrected chi connectivity index (χ1v) is 6.00. The van der Waals surface area contributed by atoms with Gasteiger partial charge in [-0.1, -0.05) is 34.6 Å². The molecule has 0 aromatic heterocycles. The number of rotatable bonds is 6. The van der Waals surface area contributed by atoms with E-state index in [2.05, 4.69) is 53.8 Å². The summed E-state index contributed by atoms with van der Waals surface area (Å²) < 4.78 is 5.89. The molecule has 0 saturated carbocycles. The second kappa shape index (κ2) is 5.86. The van der Waals surface area contributed by atoms with Crippen LogP contribution in [0.25, 0.3) is 0 Å². The van der Waals surface area contributed by atoms with Gasteiger partial charge in [-0.15, -0.1) is 0 Å². The quantitative estimate of drug-likeness (QED) is 0.734. The zero-order chi connectivity index (χ0) is 12.1. The second-order valence-electron chi connectivity index (χ2n) is 6.45. The predicted molar refractivity (Wildman–Crippen MR) is 67.2 cm³/mol. The van der Waals surface area contributed by atoms with Gasteiger partial charge in [-0.05, 0) is 25.7 Å². The summed E-state index contributed by atoms with van der Waals surface area (Å²) in [5, 5.41) is 3.41. The Morgan fingerprint density at radius 1 is 1.07 bits per heavy atom. The molecule has 0 atom stereocenters. The predicted octanol–water partition coefficient (Wildman–Crippen LogP) is 3.22. The molecule has 0 heterocycles. The van der Waals surface area contributed by atoms with Crippen LogP contribution in [0.15, 0.2) is 0 Å². The fraction of sp³-hybridized carbons (Fsp3) is 1.00. The molecule has 0 spiro atoms. The molecule has 2 heteroatoms. The summed E-state index contributed by atoms with van der Waals surface area (Å²) in [4.78, 5) is 0. The van der Waals surface area contributed by atoms with Crippen molar-refractivity contribution in [2.24, 2.45) is 5.41 Å². The van der Waals surface area contributed by atoms with Crippen molar-refractivity contribution in [1.82, 2.24) is 5.32 Å². The average Bonchev–Trinajstić information content (AvgIpc) is 1.98. The molecule has 2 nitrogen and oxygen atoms in total. The van der Waals surface area contributed by atoms with Crippen molar-refractivity contribution in [3.63, 3.8) is 0 Å². The van der Waals surface area contributed by atoms with E-state index in [0.717, 1.165) is 19.6 Å². The summed E-state index contributed by atoms with van der Waals surface area (Å²) in [6, 6.07) is 0.524. The summed E-state index contributed by atoms with van der Waals surface area (Å²) in [6.07, 6.45) is 1.11. The lowest BCUT2D eigenvalue weighted by atomic mass is 9.93. The number of hydrogen-bond acceptors (Lipinski definition) is 2. The van der Waals surface area contributed by atoms with Crippen molar-refractivity contribution in [2.75, 3.05) is 13.2 Å². The first-order valence-electron chi connectivity index (χ1n) is 6.00. The lowest BCUT2D eigenvalue weighted by molar-refractivity contribution is -0.0272. The maximum Gasteiger partial charge on any atom is 0.0750 e. The molecule has 0 saturated heterocycles. The van der Waals surface area contributed by atoms with Gasteiger partial charge in [0.1, 0.15) is 0 Å². The van der Waals surface area contributed by atoms with Crippen molar-refractivity contribution in [1.29, 1.82) is 0 Å². The van der Waals surface area contributed by atoms with E-state index >= 15 is 0 Å². The largest absolute Gasteiger partial charge is 0.374 e. The minimum atomic E-state index is -0.0600. The van der Waals surface area contributed by atoms with Gasteiger partial charge in [0, 0.05) is 19.2 Å². The molecule has 0 aliphatic rings. The third-order valence-corrected chi connectivity index (χ3v) is 2.28. The van der Waals surface area contributed by atoms with E-state index in [-0.39, 0.29) is 5.60 Å². The first-order chi connectivity index (χ1) is 6.62. The molecule has 0 bridgehead atoms. The highest BCUT2D eigenvalue weighted by atomic mass is 16.5. The molecule has 0 aromatic rings. The average molecular weight is 215 g/mol. The van der Waals surface area contributed by atoms with E-state index in [0.29, 0.717) is 11.5 Å². The Balaban J connectivity index is 3.74. The van der Waals surface area contributed by atoms with Crippen LogP contribution < -0.4 is 5.32 Å². The summed E-state index contributed by atoms with van der Waals surface area (Å²) in [5.74, 6) is 0. The molecule has 0 aliphatic carbocycles. The van der Waals surface area contributed by atoms with Crippen molar-refractivity contribution in [3.05, 3.63) is 0 Å². The van der Waals surface area contributed by atoms with Gasteiger partial charge < -0.3 is 10.1 Å². The van der Waals surface area contributed by atoms with Gasteiger partial charge in [-0.3, -0.25) is 0 Å². The van der Waals surface area contributed by atoms with Gasteiger partial charge in [-0.25, -0.2) is 0 Å². The normalized spacial score (nSPS) is 13.6. The van der Waals surface area contributed by atoms with Gasteiger partial charge in [-0.2, -0.15) is 0 Å². The molecule has 0 aliphatic heterocycles. The summed E-state index contributed by atoms with van der Waals surface area (Å²) in [5.41, 5.74) is 0.303. The second-order valence-corrected chi connectivity index (χ2v) is 6.45. The maximum atomic E-state index is 5.89. The molecule has 0 rings (SSSR count). The molecule has 0 radical (unpaired) electrons. The number of hydrogen-bond donors (Lipinski definition) is 1. The molecule has 92 valence electrons. The zero-order valence-corrected chi connectivity index (χ0v) is 11.6. The molecular formula is C13H29NO. The summed E-state index contributed by atoms with van der Waals surface area (Å²) in [6.45, 7) is 17.1. The van der Waals surface area contributed by atoms with Crippen LogP contribution in [-0.2, 0) is 4.74 Å². The minimum Gasteiger partial charge on any atom is -0.374 e. The van der Waals surface area contributed by atoms with Gasteiger partial charge >= 0.3 is 0 Å². The van der Waals surface area contributed by atoms with Crippen LogP contribution in [0, 0.1) is 5.41 Å². The van der Waals surface area contributed by atoms with Crippen LogP contribution in [-0.4, -0.2) is 24.8 Å². The minimum absolute atomic E-state index is 0.0600. The monoisotopic (exact) mass is 215 g/mol. The third kappa shape index (κ3) is 10.2. The maximum absolute atomic E-state index is 5.89. The zero-order valence-electron chi connectivity index (χ0n) is 11.6. The van der Waals surface area contributed by atoms with Crippen LogP contribution in [0.4, 0.5) is 0 Å². The Morgan fingerprint density at radius 2 is 1.60 bits per heavy atom. The van der Waals surface area contributed by atoms with Crippen molar-refractivity contribution in [2.45, 2.75) is 66.5 Å². The van der Waals surface area contributed by atoms with Crippen LogP contribution in [0.1, 0.15) is 54.9 Å². The van der Waals surface area contributed by atoms with Crippen LogP contribution in [0.5, 0.6) is 0 Å². The Bertz CT molecular complexity index is 168. The molecular weight excluding hydrogens is 186 g/mol. The van der Waals surface area contributed by atoms with Crippen LogP contribution in [0.2, 0.25) is 0 Å². The van der Waals surface area contributed by atoms with Crippen molar-refractivity contribution < 1.29 is 4.74 Å². The lowest BCUT2D eigenvalue weighted by Crippen LogP contribution is -2.41. The van der Waals surface area contributed by atoms with Crippen LogP contribution >= 0.6 is 0 Å². The van der Waals surface area contributed by atoms with Crippen LogP contribution in [0.3, 0.4) is 0 Å². The molecule has 0 aromatic carbocycles. The van der Waals surface area contributed by atoms with E-state index in [9.17, 15) is 0 Å². The standard InChI is InChI=1S/C13H29NO/c1-11(2)14-10-13(6,7)15-9-8-12(3,4)5/h11,14H,8-10H2,1-7H3. The molecule has 0 fully saturated rings. The van der Waals surface area contributed by atoms with Gasteiger partial charge in [0.25, 0.3) is 0 Å². The fourth-order valence-corrected chi connectivity index (χ4v) is 1.13. The molecule has 0 amide bonds. The Kier molecular flexibility index (Phi) is 5.82. The molecule has 0 unspecified atom stereocenters. The Labute approximate surface area is 95.8 Å². The highest BCUT2D eigenvalue weighted by molar-refractivity contribution is 4.73. The first kappa shape index (κ1) is 14.9. The van der Waals surface area contributed by atoms with Gasteiger partial charge in [0.05, 0.1) is 5.60 Å². The lowest BCUT2D eigenvalue weighted by Gasteiger charge is -2.28. The number of ether oxygens (including phenoxy) is 1. The molecule has 1 N–H and O–H groups in total. The van der Waals surface area contributed by atoms with Gasteiger partial charge in [0.2, 0.25) is 0 Å². The number of nitrogens with one attached hydrogen (secondary N) is 1. The fourth-order valence-electron chi connectivity index (χ4n) is 1.13. The Hall–Kier alpha value is -0.0800. The summed E-state index contributed by atoms with van der Waals surface area (Å²) in [7, 11) is 0. The SMILES string of the molecule is CC(C)NCC(C)(C)OCCC(C)(C)C. The van der Waals surface area contributed by atoms with E-state index in [4.69, 9.17) is 4.74 Å². The molecule has 15 heavy (non-hydrogen) atoms. The van der Waals surface area contributed by atoms with E-state index in [1.54, 1.807) is 0 Å². The van der Waals surface area contributed by atoms with Crippen molar-refractivity contribution in [3.8, 4) is 0 Å². The smallest absolute Gasteiger partial charge is 0.0750 e.